The third kappa shape index (κ3) is 3.49. The number of fused-ring (bicyclic) bond motifs is 1. The number of amides is 1. The molecule has 1 fully saturated rings. The zero-order valence-electron chi connectivity index (χ0n) is 16.0. The Kier molecular flexibility index (Phi) is 5.09. The maximum absolute atomic E-state index is 14.6. The van der Waals surface area contributed by atoms with E-state index in [4.69, 9.17) is 4.74 Å². The van der Waals surface area contributed by atoms with E-state index in [9.17, 15) is 9.18 Å². The van der Waals surface area contributed by atoms with Crippen LogP contribution in [0.3, 0.4) is 0 Å². The van der Waals surface area contributed by atoms with E-state index in [-0.39, 0.29) is 18.3 Å². The lowest BCUT2D eigenvalue weighted by molar-refractivity contribution is 0.0845. The number of halogens is 1. The minimum absolute atomic E-state index is 0.103. The first-order valence-electron chi connectivity index (χ1n) is 9.47. The SMILES string of the molecule is Cc1ncncc1C(=O)NCc1cc2c(C)c(C3CCOCC3)[nH]c2cc1F. The molecule has 4 rings (SSSR count). The van der Waals surface area contributed by atoms with Crippen LogP contribution in [0.25, 0.3) is 10.9 Å². The summed E-state index contributed by atoms with van der Waals surface area (Å²) in [4.78, 5) is 23.7. The van der Waals surface area contributed by atoms with Crippen LogP contribution in [0, 0.1) is 19.7 Å². The Bertz CT molecular complexity index is 1020. The zero-order valence-corrected chi connectivity index (χ0v) is 16.0. The average Bonchev–Trinajstić information content (AvgIpc) is 3.02. The summed E-state index contributed by atoms with van der Waals surface area (Å²) in [5.74, 6) is -0.242. The highest BCUT2D eigenvalue weighted by Crippen LogP contribution is 2.33. The minimum Gasteiger partial charge on any atom is -0.381 e. The predicted molar refractivity (Wildman–Crippen MR) is 104 cm³/mol. The maximum Gasteiger partial charge on any atom is 0.254 e. The van der Waals surface area contributed by atoms with Crippen molar-refractivity contribution in [3.05, 3.63) is 58.6 Å². The van der Waals surface area contributed by atoms with E-state index in [2.05, 4.69) is 27.2 Å². The van der Waals surface area contributed by atoms with Gasteiger partial charge in [-0.25, -0.2) is 14.4 Å². The molecule has 1 saturated heterocycles. The molecule has 28 heavy (non-hydrogen) atoms. The third-order valence-electron chi connectivity index (χ3n) is 5.49. The standard InChI is InChI=1S/C21H23FN4O2/c1-12-16-7-15(9-24-21(27)17-10-23-11-25-13(17)2)18(22)8-19(16)26-20(12)14-3-5-28-6-4-14/h7-8,10-11,14,26H,3-6,9H2,1-2H3,(H,24,27). The van der Waals surface area contributed by atoms with Gasteiger partial charge in [-0.3, -0.25) is 4.79 Å². The van der Waals surface area contributed by atoms with Gasteiger partial charge in [0.05, 0.1) is 11.3 Å². The van der Waals surface area contributed by atoms with Crippen molar-refractivity contribution in [2.45, 2.75) is 39.2 Å². The van der Waals surface area contributed by atoms with Crippen molar-refractivity contribution in [1.29, 1.82) is 0 Å². The number of carbonyl (C=O) groups is 1. The van der Waals surface area contributed by atoms with E-state index in [1.54, 1.807) is 6.92 Å². The van der Waals surface area contributed by atoms with Crippen LogP contribution in [0.1, 0.15) is 51.6 Å². The summed E-state index contributed by atoms with van der Waals surface area (Å²) in [6.45, 7) is 5.42. The van der Waals surface area contributed by atoms with Gasteiger partial charge in [0.1, 0.15) is 12.1 Å². The van der Waals surface area contributed by atoms with Crippen LogP contribution in [-0.4, -0.2) is 34.1 Å². The number of benzene rings is 1. The first-order valence-corrected chi connectivity index (χ1v) is 9.47. The van der Waals surface area contributed by atoms with Gasteiger partial charge < -0.3 is 15.0 Å². The fraction of sp³-hybridized carbons (Fsp3) is 0.381. The van der Waals surface area contributed by atoms with Gasteiger partial charge in [-0.15, -0.1) is 0 Å². The Morgan fingerprint density at radius 1 is 1.32 bits per heavy atom. The first kappa shape index (κ1) is 18.6. The molecule has 0 aliphatic carbocycles. The quantitative estimate of drug-likeness (QED) is 0.723. The van der Waals surface area contributed by atoms with Crippen molar-refractivity contribution in [3.8, 4) is 0 Å². The fourth-order valence-corrected chi connectivity index (χ4v) is 3.83. The summed E-state index contributed by atoms with van der Waals surface area (Å²) < 4.78 is 20.1. The van der Waals surface area contributed by atoms with Crippen LogP contribution in [0.15, 0.2) is 24.7 Å². The molecule has 3 aromatic rings. The van der Waals surface area contributed by atoms with E-state index in [0.717, 1.165) is 48.2 Å². The number of H-pyrrole nitrogens is 1. The summed E-state index contributed by atoms with van der Waals surface area (Å²) in [5.41, 5.74) is 4.53. The lowest BCUT2D eigenvalue weighted by Gasteiger charge is -2.21. The molecule has 7 heteroatoms. The number of ether oxygens (including phenoxy) is 1. The van der Waals surface area contributed by atoms with E-state index >= 15 is 0 Å². The molecule has 0 spiro atoms. The molecule has 1 aliphatic rings. The van der Waals surface area contributed by atoms with Crippen molar-refractivity contribution in [2.24, 2.45) is 0 Å². The summed E-state index contributed by atoms with van der Waals surface area (Å²) in [6, 6.07) is 3.34. The van der Waals surface area contributed by atoms with Gasteiger partial charge in [0.15, 0.2) is 0 Å². The van der Waals surface area contributed by atoms with E-state index in [1.165, 1.54) is 18.6 Å². The average molecular weight is 382 g/mol. The second-order valence-electron chi connectivity index (χ2n) is 7.24. The lowest BCUT2D eigenvalue weighted by atomic mass is 9.93. The monoisotopic (exact) mass is 382 g/mol. The molecule has 1 aliphatic heterocycles. The van der Waals surface area contributed by atoms with Crippen LogP contribution < -0.4 is 5.32 Å². The lowest BCUT2D eigenvalue weighted by Crippen LogP contribution is -2.24. The largest absolute Gasteiger partial charge is 0.381 e. The Labute approximate surface area is 162 Å². The normalized spacial score (nSPS) is 15.1. The highest BCUT2D eigenvalue weighted by atomic mass is 19.1. The molecule has 2 N–H and O–H groups in total. The molecular weight excluding hydrogens is 359 g/mol. The molecule has 0 bridgehead atoms. The van der Waals surface area contributed by atoms with Crippen molar-refractivity contribution in [2.75, 3.05) is 13.2 Å². The number of nitrogens with one attached hydrogen (secondary N) is 2. The summed E-state index contributed by atoms with van der Waals surface area (Å²) in [5, 5.41) is 3.76. The summed E-state index contributed by atoms with van der Waals surface area (Å²) >= 11 is 0. The second kappa shape index (κ2) is 7.67. The van der Waals surface area contributed by atoms with Crippen LogP contribution in [-0.2, 0) is 11.3 Å². The van der Waals surface area contributed by atoms with Crippen LogP contribution in [0.4, 0.5) is 4.39 Å². The van der Waals surface area contributed by atoms with E-state index < -0.39 is 0 Å². The third-order valence-corrected chi connectivity index (χ3v) is 5.49. The molecule has 6 nitrogen and oxygen atoms in total. The van der Waals surface area contributed by atoms with Gasteiger partial charge in [0.25, 0.3) is 5.91 Å². The first-order chi connectivity index (χ1) is 13.5. The highest BCUT2D eigenvalue weighted by molar-refractivity contribution is 5.94. The molecule has 1 amide bonds. The Morgan fingerprint density at radius 3 is 2.86 bits per heavy atom. The number of rotatable bonds is 4. The smallest absolute Gasteiger partial charge is 0.254 e. The van der Waals surface area contributed by atoms with Gasteiger partial charge >= 0.3 is 0 Å². The molecule has 0 radical (unpaired) electrons. The molecule has 1 aromatic carbocycles. The number of nitrogens with zero attached hydrogens (tertiary/aromatic N) is 2. The number of aromatic nitrogens is 3. The van der Waals surface area contributed by atoms with E-state index in [0.29, 0.717) is 22.7 Å². The van der Waals surface area contributed by atoms with Crippen molar-refractivity contribution < 1.29 is 13.9 Å². The van der Waals surface area contributed by atoms with Crippen molar-refractivity contribution in [1.82, 2.24) is 20.3 Å². The molecule has 0 unspecified atom stereocenters. The zero-order chi connectivity index (χ0) is 19.7. The summed E-state index contributed by atoms with van der Waals surface area (Å²) in [6.07, 6.45) is 4.80. The molecule has 2 aromatic heterocycles. The Morgan fingerprint density at radius 2 is 2.11 bits per heavy atom. The van der Waals surface area contributed by atoms with Crippen molar-refractivity contribution in [3.63, 3.8) is 0 Å². The van der Waals surface area contributed by atoms with Gasteiger partial charge in [-0.05, 0) is 44.4 Å². The van der Waals surface area contributed by atoms with Gasteiger partial charge in [-0.2, -0.15) is 0 Å². The van der Waals surface area contributed by atoms with Gasteiger partial charge in [0, 0.05) is 54.0 Å². The number of aromatic amines is 1. The molecule has 0 saturated carbocycles. The summed E-state index contributed by atoms with van der Waals surface area (Å²) in [7, 11) is 0. The topological polar surface area (TPSA) is 79.9 Å². The Balaban J connectivity index is 1.57. The van der Waals surface area contributed by atoms with Crippen LogP contribution in [0.5, 0.6) is 0 Å². The fourth-order valence-electron chi connectivity index (χ4n) is 3.83. The molecule has 146 valence electrons. The van der Waals surface area contributed by atoms with Gasteiger partial charge in [-0.1, -0.05) is 0 Å². The second-order valence-corrected chi connectivity index (χ2v) is 7.24. The van der Waals surface area contributed by atoms with Crippen LogP contribution in [0.2, 0.25) is 0 Å². The Hall–Kier alpha value is -2.80. The van der Waals surface area contributed by atoms with Crippen molar-refractivity contribution >= 4 is 16.8 Å². The van der Waals surface area contributed by atoms with Crippen LogP contribution >= 0.6 is 0 Å². The number of hydrogen-bond donors (Lipinski definition) is 2. The van der Waals surface area contributed by atoms with E-state index in [1.807, 2.05) is 6.07 Å². The number of carbonyl (C=O) groups excluding carboxylic acids is 1. The molecule has 0 atom stereocenters. The molecular formula is C21H23FN4O2. The van der Waals surface area contributed by atoms with Gasteiger partial charge in [0.2, 0.25) is 0 Å². The predicted octanol–water partition coefficient (Wildman–Crippen LogP) is 3.54. The minimum atomic E-state index is -0.339. The number of aryl methyl sites for hydroxylation is 2. The molecule has 3 heterocycles. The maximum atomic E-state index is 14.6. The number of hydrogen-bond acceptors (Lipinski definition) is 4. The highest BCUT2D eigenvalue weighted by Gasteiger charge is 2.21.